The summed E-state index contributed by atoms with van der Waals surface area (Å²) in [5.74, 6) is 2.21. The lowest BCUT2D eigenvalue weighted by molar-refractivity contribution is -0.133. The molecule has 186 valence electrons. The first-order chi connectivity index (χ1) is 16.9. The molecule has 0 bridgehead atoms. The maximum absolute atomic E-state index is 13.1. The van der Waals surface area contributed by atoms with Crippen LogP contribution in [-0.4, -0.2) is 60.7 Å². The molecule has 1 saturated heterocycles. The average Bonchev–Trinajstić information content (AvgIpc) is 3.23. The van der Waals surface area contributed by atoms with Gasteiger partial charge in [0.2, 0.25) is 11.7 Å². The maximum atomic E-state index is 13.1. The zero-order valence-corrected chi connectivity index (χ0v) is 20.7. The number of imidazole rings is 1. The fraction of sp³-hybridized carbons (Fsp3) is 0.423. The van der Waals surface area contributed by atoms with E-state index in [4.69, 9.17) is 19.2 Å². The van der Waals surface area contributed by atoms with Crippen LogP contribution in [0.5, 0.6) is 17.2 Å². The average molecular weight is 481 g/mol. The number of methoxy groups -OCH3 is 3. The molecule has 9 heteroatoms. The van der Waals surface area contributed by atoms with E-state index in [1.54, 1.807) is 12.1 Å². The number of likely N-dealkylation sites (tertiary alicyclic amines) is 1. The van der Waals surface area contributed by atoms with E-state index >= 15 is 0 Å². The monoisotopic (exact) mass is 480 g/mol. The lowest BCUT2D eigenvalue weighted by atomic mass is 9.99. The Morgan fingerprint density at radius 1 is 1.03 bits per heavy atom. The minimum absolute atomic E-state index is 0.0669. The van der Waals surface area contributed by atoms with Crippen LogP contribution in [0.4, 0.5) is 0 Å². The van der Waals surface area contributed by atoms with E-state index < -0.39 is 0 Å². The molecule has 9 nitrogen and oxygen atoms in total. The van der Waals surface area contributed by atoms with Gasteiger partial charge in [0.15, 0.2) is 11.5 Å². The van der Waals surface area contributed by atoms with E-state index in [9.17, 15) is 9.59 Å². The van der Waals surface area contributed by atoms with Crippen molar-refractivity contribution in [1.29, 1.82) is 0 Å². The van der Waals surface area contributed by atoms with Crippen LogP contribution in [0.25, 0.3) is 11.0 Å². The summed E-state index contributed by atoms with van der Waals surface area (Å²) >= 11 is 0. The second-order valence-corrected chi connectivity index (χ2v) is 8.76. The molecule has 0 atom stereocenters. The van der Waals surface area contributed by atoms with Gasteiger partial charge in [-0.2, -0.15) is 0 Å². The highest BCUT2D eigenvalue weighted by atomic mass is 16.5. The van der Waals surface area contributed by atoms with Crippen LogP contribution < -0.4 is 19.5 Å². The van der Waals surface area contributed by atoms with Crippen LogP contribution in [-0.2, 0) is 17.9 Å². The van der Waals surface area contributed by atoms with E-state index in [1.807, 2.05) is 33.7 Å². The van der Waals surface area contributed by atoms with Gasteiger partial charge in [-0.1, -0.05) is 19.1 Å². The van der Waals surface area contributed by atoms with Gasteiger partial charge in [-0.25, -0.2) is 4.98 Å². The van der Waals surface area contributed by atoms with Gasteiger partial charge < -0.3 is 29.0 Å². The number of benzene rings is 2. The predicted molar refractivity (Wildman–Crippen MR) is 132 cm³/mol. The first-order valence-electron chi connectivity index (χ1n) is 11.7. The minimum Gasteiger partial charge on any atom is -0.493 e. The number of hydrogen-bond acceptors (Lipinski definition) is 6. The molecule has 4 rings (SSSR count). The van der Waals surface area contributed by atoms with Gasteiger partial charge in [-0.05, 0) is 43.0 Å². The summed E-state index contributed by atoms with van der Waals surface area (Å²) in [4.78, 5) is 32.7. The summed E-state index contributed by atoms with van der Waals surface area (Å²) in [6.07, 6.45) is 2.04. The lowest BCUT2D eigenvalue weighted by Crippen LogP contribution is -2.40. The molecule has 1 fully saturated rings. The van der Waals surface area contributed by atoms with Crippen molar-refractivity contribution in [3.63, 3.8) is 0 Å². The molecule has 0 saturated carbocycles. The number of hydrogen-bond donors (Lipinski definition) is 1. The Labute approximate surface area is 205 Å². The van der Waals surface area contributed by atoms with Crippen LogP contribution in [0.2, 0.25) is 0 Å². The highest BCUT2D eigenvalue weighted by Gasteiger charge is 2.23. The number of para-hydroxylation sites is 2. The Morgan fingerprint density at radius 3 is 2.31 bits per heavy atom. The summed E-state index contributed by atoms with van der Waals surface area (Å²) in [5.41, 5.74) is 2.01. The second kappa shape index (κ2) is 10.7. The van der Waals surface area contributed by atoms with Gasteiger partial charge in [0.1, 0.15) is 12.4 Å². The number of fused-ring (bicyclic) bond motifs is 1. The second-order valence-electron chi connectivity index (χ2n) is 8.76. The number of carbonyl (C=O) groups excluding carboxylic acids is 2. The van der Waals surface area contributed by atoms with E-state index in [1.165, 1.54) is 21.3 Å². The lowest BCUT2D eigenvalue weighted by Gasteiger charge is -2.30. The predicted octanol–water partition coefficient (Wildman–Crippen LogP) is 3.25. The van der Waals surface area contributed by atoms with Crippen molar-refractivity contribution in [3.05, 3.63) is 47.8 Å². The summed E-state index contributed by atoms with van der Waals surface area (Å²) in [7, 11) is 4.51. The molecule has 0 aliphatic carbocycles. The Bertz CT molecular complexity index is 1190. The van der Waals surface area contributed by atoms with Gasteiger partial charge in [0.25, 0.3) is 5.91 Å². The molecule has 0 spiro atoms. The summed E-state index contributed by atoms with van der Waals surface area (Å²) in [6.45, 7) is 4.12. The standard InChI is InChI=1S/C26H32N4O5/c1-17-9-11-29(12-10-17)24(31)16-30-20-8-6-5-7-19(20)28-23(30)15-27-26(32)18-13-21(33-2)25(35-4)22(14-18)34-3/h5-8,13-14,17H,9-12,15-16H2,1-4H3,(H,27,32). The topological polar surface area (TPSA) is 94.9 Å². The molecule has 2 aromatic carbocycles. The summed E-state index contributed by atoms with van der Waals surface area (Å²) in [6, 6.07) is 10.9. The number of amides is 2. The smallest absolute Gasteiger partial charge is 0.251 e. The third kappa shape index (κ3) is 5.18. The number of rotatable bonds is 8. The Morgan fingerprint density at radius 2 is 1.69 bits per heavy atom. The highest BCUT2D eigenvalue weighted by molar-refractivity contribution is 5.95. The molecule has 0 radical (unpaired) electrons. The van der Waals surface area contributed by atoms with Gasteiger partial charge in [-0.15, -0.1) is 0 Å². The summed E-state index contributed by atoms with van der Waals surface area (Å²) in [5, 5.41) is 2.92. The van der Waals surface area contributed by atoms with Crippen molar-refractivity contribution in [1.82, 2.24) is 19.8 Å². The van der Waals surface area contributed by atoms with Crippen LogP contribution in [0.3, 0.4) is 0 Å². The molecule has 2 amide bonds. The molecular weight excluding hydrogens is 448 g/mol. The highest BCUT2D eigenvalue weighted by Crippen LogP contribution is 2.38. The number of nitrogens with zero attached hydrogens (tertiary/aromatic N) is 3. The van der Waals surface area contributed by atoms with Gasteiger partial charge in [-0.3, -0.25) is 9.59 Å². The molecule has 35 heavy (non-hydrogen) atoms. The van der Waals surface area contributed by atoms with Crippen molar-refractivity contribution in [2.75, 3.05) is 34.4 Å². The largest absolute Gasteiger partial charge is 0.493 e. The number of piperidine rings is 1. The zero-order valence-electron chi connectivity index (χ0n) is 20.7. The molecule has 1 N–H and O–H groups in total. The molecule has 1 aromatic heterocycles. The van der Waals surface area contributed by atoms with Gasteiger partial charge in [0.05, 0.1) is 38.9 Å². The Balaban J connectivity index is 1.55. The molecule has 2 heterocycles. The molecule has 0 unspecified atom stereocenters. The van der Waals surface area contributed by atoms with Crippen molar-refractivity contribution >= 4 is 22.8 Å². The van der Waals surface area contributed by atoms with Crippen LogP contribution >= 0.6 is 0 Å². The van der Waals surface area contributed by atoms with E-state index in [0.29, 0.717) is 34.6 Å². The maximum Gasteiger partial charge on any atom is 0.251 e. The van der Waals surface area contributed by atoms with Gasteiger partial charge in [0, 0.05) is 18.7 Å². The van der Waals surface area contributed by atoms with E-state index in [-0.39, 0.29) is 24.9 Å². The minimum atomic E-state index is -0.320. The number of nitrogens with one attached hydrogen (secondary N) is 1. The van der Waals surface area contributed by atoms with Crippen LogP contribution in [0, 0.1) is 5.92 Å². The van der Waals surface area contributed by atoms with Crippen molar-refractivity contribution in [2.45, 2.75) is 32.9 Å². The number of aromatic nitrogens is 2. The Hall–Kier alpha value is -3.75. The van der Waals surface area contributed by atoms with Crippen molar-refractivity contribution in [3.8, 4) is 17.2 Å². The van der Waals surface area contributed by atoms with E-state index in [2.05, 4.69) is 12.2 Å². The third-order valence-corrected chi connectivity index (χ3v) is 6.50. The Kier molecular flexibility index (Phi) is 7.43. The van der Waals surface area contributed by atoms with Gasteiger partial charge >= 0.3 is 0 Å². The third-order valence-electron chi connectivity index (χ3n) is 6.50. The molecule has 1 aliphatic heterocycles. The first kappa shape index (κ1) is 24.4. The number of ether oxygens (including phenoxy) is 3. The fourth-order valence-corrected chi connectivity index (χ4v) is 4.40. The fourth-order valence-electron chi connectivity index (χ4n) is 4.40. The van der Waals surface area contributed by atoms with Crippen molar-refractivity contribution in [2.24, 2.45) is 5.92 Å². The molecule has 3 aromatic rings. The normalized spacial score (nSPS) is 14.1. The molecule has 1 aliphatic rings. The number of carbonyl (C=O) groups is 2. The zero-order chi connectivity index (χ0) is 24.9. The van der Waals surface area contributed by atoms with Crippen molar-refractivity contribution < 1.29 is 23.8 Å². The SMILES string of the molecule is COc1cc(C(=O)NCc2nc3ccccc3n2CC(=O)N2CCC(C)CC2)cc(OC)c1OC. The van der Waals surface area contributed by atoms with E-state index in [0.717, 1.165) is 37.0 Å². The van der Waals surface area contributed by atoms with Crippen LogP contribution in [0.15, 0.2) is 36.4 Å². The van der Waals surface area contributed by atoms with Crippen LogP contribution in [0.1, 0.15) is 35.9 Å². The quantitative estimate of drug-likeness (QED) is 0.532. The summed E-state index contributed by atoms with van der Waals surface area (Å²) < 4.78 is 17.9. The first-order valence-corrected chi connectivity index (χ1v) is 11.7. The molecular formula is C26H32N4O5.